The van der Waals surface area contributed by atoms with Crippen LogP contribution in [0.1, 0.15) is 16.6 Å². The molecule has 0 aliphatic carbocycles. The second-order valence-electron chi connectivity index (χ2n) is 5.62. The monoisotopic (exact) mass is 367 g/mol. The molecule has 0 saturated carbocycles. The van der Waals surface area contributed by atoms with Gasteiger partial charge in [-0.3, -0.25) is 4.57 Å². The van der Waals surface area contributed by atoms with E-state index in [-0.39, 0.29) is 11.4 Å². The van der Waals surface area contributed by atoms with Gasteiger partial charge in [-0.15, -0.1) is 0 Å². The number of benzene rings is 1. The van der Waals surface area contributed by atoms with Crippen molar-refractivity contribution < 1.29 is 28.2 Å². The van der Waals surface area contributed by atoms with Gasteiger partial charge in [0, 0.05) is 6.20 Å². The number of hydrogen-bond acceptors (Lipinski definition) is 7. The van der Waals surface area contributed by atoms with E-state index in [1.54, 1.807) is 18.2 Å². The summed E-state index contributed by atoms with van der Waals surface area (Å²) in [5.41, 5.74) is 4.35. The zero-order chi connectivity index (χ0) is 18.9. The van der Waals surface area contributed by atoms with Gasteiger partial charge in [0.25, 0.3) is 0 Å². The number of aromatic nitrogens is 2. The number of esters is 1. The van der Waals surface area contributed by atoms with Crippen LogP contribution in [0, 0.1) is 0 Å². The van der Waals surface area contributed by atoms with Crippen LogP contribution in [0.5, 0.6) is 0 Å². The second-order valence-corrected chi connectivity index (χ2v) is 5.62. The van der Waals surface area contributed by atoms with Crippen molar-refractivity contribution in [2.24, 2.45) is 0 Å². The van der Waals surface area contributed by atoms with Gasteiger partial charge in [-0.25, -0.2) is 9.59 Å². The number of aliphatic hydroxyl groups is 1. The average Bonchev–Trinajstić information content (AvgIpc) is 2.86. The van der Waals surface area contributed by atoms with Gasteiger partial charge in [-0.2, -0.15) is 13.8 Å². The highest BCUT2D eigenvalue weighted by molar-refractivity contribution is 5.89. The van der Waals surface area contributed by atoms with Gasteiger partial charge in [0.1, 0.15) is 11.9 Å². The normalized spacial score (nSPS) is 24.3. The van der Waals surface area contributed by atoms with Crippen LogP contribution < -0.4 is 11.4 Å². The maximum Gasteiger partial charge on any atom is 0.351 e. The van der Waals surface area contributed by atoms with E-state index in [1.807, 2.05) is 0 Å². The van der Waals surface area contributed by atoms with E-state index in [9.17, 15) is 23.5 Å². The quantitative estimate of drug-likeness (QED) is 0.759. The Hall–Kier alpha value is -2.85. The molecule has 2 heterocycles. The Kier molecular flexibility index (Phi) is 4.70. The Balaban J connectivity index is 1.90. The first-order valence-electron chi connectivity index (χ1n) is 7.59. The number of hydrogen-bond donors (Lipinski definition) is 2. The van der Waals surface area contributed by atoms with Crippen molar-refractivity contribution in [1.82, 2.24) is 9.55 Å². The Morgan fingerprint density at radius 1 is 1.35 bits per heavy atom. The van der Waals surface area contributed by atoms with Crippen molar-refractivity contribution in [3.8, 4) is 0 Å². The van der Waals surface area contributed by atoms with Crippen molar-refractivity contribution in [1.29, 1.82) is 0 Å². The Morgan fingerprint density at radius 2 is 2.04 bits per heavy atom. The molecular weight excluding hydrogens is 352 g/mol. The summed E-state index contributed by atoms with van der Waals surface area (Å²) >= 11 is 0. The molecule has 1 aliphatic heterocycles. The molecule has 1 fully saturated rings. The number of alkyl halides is 2. The third-order valence-corrected chi connectivity index (χ3v) is 3.88. The first-order chi connectivity index (χ1) is 12.3. The summed E-state index contributed by atoms with van der Waals surface area (Å²) in [7, 11) is 0. The van der Waals surface area contributed by atoms with Gasteiger partial charge < -0.3 is 20.3 Å². The number of nitrogen functional groups attached to an aromatic ring is 1. The smallest absolute Gasteiger partial charge is 0.351 e. The fourth-order valence-corrected chi connectivity index (χ4v) is 2.62. The maximum atomic E-state index is 14.8. The Morgan fingerprint density at radius 3 is 2.65 bits per heavy atom. The number of nitrogens with zero attached hydrogens (tertiary/aromatic N) is 2. The number of nitrogens with two attached hydrogens (primary N) is 1. The lowest BCUT2D eigenvalue weighted by Gasteiger charge is -2.24. The van der Waals surface area contributed by atoms with Crippen molar-refractivity contribution in [2.45, 2.75) is 24.4 Å². The SMILES string of the molecule is Nc1ccn([C@@H]2O[C@@H](CO)[C@@H](OC(=O)c3ccccc3)C2(F)F)c(=O)n1. The summed E-state index contributed by atoms with van der Waals surface area (Å²) < 4.78 is 40.2. The number of halogens is 2. The van der Waals surface area contributed by atoms with Crippen molar-refractivity contribution in [2.75, 3.05) is 12.3 Å². The summed E-state index contributed by atoms with van der Waals surface area (Å²) in [4.78, 5) is 27.3. The van der Waals surface area contributed by atoms with Crippen LogP contribution in [0.4, 0.5) is 14.6 Å². The fourth-order valence-electron chi connectivity index (χ4n) is 2.62. The van der Waals surface area contributed by atoms with Gasteiger partial charge in [-0.1, -0.05) is 18.2 Å². The highest BCUT2D eigenvalue weighted by atomic mass is 19.3. The first-order valence-corrected chi connectivity index (χ1v) is 7.59. The van der Waals surface area contributed by atoms with Crippen LogP contribution in [0.25, 0.3) is 0 Å². The lowest BCUT2D eigenvalue weighted by Crippen LogP contribution is -2.44. The highest BCUT2D eigenvalue weighted by Crippen LogP contribution is 2.44. The van der Waals surface area contributed by atoms with E-state index >= 15 is 0 Å². The van der Waals surface area contributed by atoms with E-state index in [2.05, 4.69) is 4.98 Å². The number of ether oxygens (including phenoxy) is 2. The minimum atomic E-state index is -3.79. The summed E-state index contributed by atoms with van der Waals surface area (Å²) in [5.74, 6) is -4.93. The molecular formula is C16H15F2N3O5. The Bertz CT molecular complexity index is 858. The second kappa shape index (κ2) is 6.81. The number of carbonyl (C=O) groups excluding carboxylic acids is 1. The van der Waals surface area contributed by atoms with Crippen LogP contribution in [0.15, 0.2) is 47.4 Å². The van der Waals surface area contributed by atoms with E-state index < -0.39 is 42.6 Å². The van der Waals surface area contributed by atoms with E-state index in [4.69, 9.17) is 15.2 Å². The average molecular weight is 367 g/mol. The van der Waals surface area contributed by atoms with Crippen molar-refractivity contribution in [3.05, 3.63) is 58.6 Å². The minimum absolute atomic E-state index is 0.0646. The molecule has 1 aromatic heterocycles. The van der Waals surface area contributed by atoms with E-state index in [0.29, 0.717) is 4.57 Å². The van der Waals surface area contributed by atoms with Crippen molar-refractivity contribution in [3.63, 3.8) is 0 Å². The molecule has 0 spiro atoms. The van der Waals surface area contributed by atoms with E-state index in [0.717, 1.165) is 12.3 Å². The largest absolute Gasteiger partial charge is 0.449 e. The van der Waals surface area contributed by atoms with Crippen LogP contribution in [0.2, 0.25) is 0 Å². The first kappa shape index (κ1) is 18.0. The van der Waals surface area contributed by atoms with Crippen LogP contribution in [0.3, 0.4) is 0 Å². The minimum Gasteiger partial charge on any atom is -0.449 e. The summed E-state index contributed by atoms with van der Waals surface area (Å²) in [6.07, 6.45) is -4.71. The molecule has 0 amide bonds. The molecule has 26 heavy (non-hydrogen) atoms. The third-order valence-electron chi connectivity index (χ3n) is 3.88. The lowest BCUT2D eigenvalue weighted by atomic mass is 10.1. The van der Waals surface area contributed by atoms with Gasteiger partial charge in [0.05, 0.1) is 12.2 Å². The number of rotatable bonds is 4. The fraction of sp³-hybridized carbons (Fsp3) is 0.312. The summed E-state index contributed by atoms with van der Waals surface area (Å²) in [5, 5.41) is 9.36. The molecule has 0 radical (unpaired) electrons. The molecule has 2 aromatic rings. The molecule has 3 atom stereocenters. The predicted octanol–water partition coefficient (Wildman–Crippen LogP) is 0.576. The van der Waals surface area contributed by atoms with E-state index in [1.165, 1.54) is 12.1 Å². The number of carbonyl (C=O) groups is 1. The third kappa shape index (κ3) is 3.16. The standard InChI is InChI=1S/C16H15F2N3O5/c17-16(18)12(26-13(23)9-4-2-1-3-5-9)10(8-22)25-14(16)21-7-6-11(19)20-15(21)24/h1-7,10,12,14,22H,8H2,(H2,19,20,24)/t10-,12+,14+/m0/s1. The zero-order valence-electron chi connectivity index (χ0n) is 13.3. The molecule has 3 N–H and O–H groups in total. The molecule has 8 nitrogen and oxygen atoms in total. The van der Waals surface area contributed by atoms with Gasteiger partial charge >= 0.3 is 17.6 Å². The predicted molar refractivity (Wildman–Crippen MR) is 84.5 cm³/mol. The van der Waals surface area contributed by atoms with Crippen LogP contribution in [-0.4, -0.2) is 45.4 Å². The molecule has 1 saturated heterocycles. The summed E-state index contributed by atoms with van der Waals surface area (Å²) in [6.45, 7) is -0.837. The van der Waals surface area contributed by atoms with Crippen LogP contribution in [-0.2, 0) is 9.47 Å². The van der Waals surface area contributed by atoms with Crippen LogP contribution >= 0.6 is 0 Å². The van der Waals surface area contributed by atoms with Gasteiger partial charge in [0.2, 0.25) is 6.23 Å². The molecule has 138 valence electrons. The molecule has 0 unspecified atom stereocenters. The molecule has 0 bridgehead atoms. The molecule has 3 rings (SSSR count). The van der Waals surface area contributed by atoms with Gasteiger partial charge in [0.15, 0.2) is 6.10 Å². The van der Waals surface area contributed by atoms with Gasteiger partial charge in [-0.05, 0) is 18.2 Å². The highest BCUT2D eigenvalue weighted by Gasteiger charge is 2.62. The molecule has 10 heteroatoms. The zero-order valence-corrected chi connectivity index (χ0v) is 13.3. The molecule has 1 aromatic carbocycles. The maximum absolute atomic E-state index is 14.8. The lowest BCUT2D eigenvalue weighted by molar-refractivity contribution is -0.142. The number of aliphatic hydroxyl groups excluding tert-OH is 1. The van der Waals surface area contributed by atoms with Crippen molar-refractivity contribution >= 4 is 11.8 Å². The summed E-state index contributed by atoms with van der Waals surface area (Å²) in [6, 6.07) is 8.69. The Labute approximate surface area is 145 Å². The number of anilines is 1. The topological polar surface area (TPSA) is 117 Å². The molecule has 1 aliphatic rings.